The Morgan fingerprint density at radius 3 is 2.90 bits per heavy atom. The Morgan fingerprint density at radius 2 is 2.03 bits per heavy atom. The molecule has 1 aliphatic heterocycles. The van der Waals surface area contributed by atoms with Crippen LogP contribution in [0.15, 0.2) is 36.8 Å². The van der Waals surface area contributed by atoms with E-state index in [9.17, 15) is 4.39 Å². The van der Waals surface area contributed by atoms with Crippen LogP contribution in [0.25, 0.3) is 5.65 Å². The molecule has 0 aliphatic carbocycles. The monoisotopic (exact) mass is 423 g/mol. The minimum Gasteiger partial charge on any atom is -0.352 e. The fourth-order valence-corrected chi connectivity index (χ4v) is 3.96. The molecule has 1 aliphatic rings. The van der Waals surface area contributed by atoms with Crippen molar-refractivity contribution < 1.29 is 4.39 Å². The molecule has 0 atom stereocenters. The molecular formula is C21H19ClFN7. The molecule has 30 heavy (non-hydrogen) atoms. The highest BCUT2D eigenvalue weighted by Gasteiger charge is 2.22. The minimum absolute atomic E-state index is 0.322. The van der Waals surface area contributed by atoms with Gasteiger partial charge in [0, 0.05) is 41.4 Å². The van der Waals surface area contributed by atoms with Crippen molar-refractivity contribution in [2.24, 2.45) is 0 Å². The van der Waals surface area contributed by atoms with Gasteiger partial charge in [0.25, 0.3) is 0 Å². The van der Waals surface area contributed by atoms with Crippen molar-refractivity contribution in [1.82, 2.24) is 24.8 Å². The molecule has 4 aromatic rings. The molecule has 3 aromatic heterocycles. The molecule has 0 amide bonds. The van der Waals surface area contributed by atoms with E-state index >= 15 is 0 Å². The molecular weight excluding hydrogens is 405 g/mol. The lowest BCUT2D eigenvalue weighted by Crippen LogP contribution is -2.32. The van der Waals surface area contributed by atoms with E-state index in [1.807, 2.05) is 13.0 Å². The predicted octanol–water partition coefficient (Wildman–Crippen LogP) is 4.23. The highest BCUT2D eigenvalue weighted by Crippen LogP contribution is 2.30. The van der Waals surface area contributed by atoms with Crippen LogP contribution in [0, 0.1) is 19.7 Å². The summed E-state index contributed by atoms with van der Waals surface area (Å²) >= 11 is 6.00. The van der Waals surface area contributed by atoms with Crippen molar-refractivity contribution in [2.75, 3.05) is 16.8 Å². The number of anilines is 3. The van der Waals surface area contributed by atoms with Gasteiger partial charge in [-0.05, 0) is 43.7 Å². The normalized spacial score (nSPS) is 13.5. The Kier molecular flexibility index (Phi) is 4.51. The van der Waals surface area contributed by atoms with Crippen LogP contribution in [0.2, 0.25) is 5.02 Å². The molecule has 0 unspecified atom stereocenters. The molecule has 0 spiro atoms. The number of fused-ring (bicyclic) bond motifs is 2. The van der Waals surface area contributed by atoms with Crippen molar-refractivity contribution in [3.05, 3.63) is 70.0 Å². The third-order valence-electron chi connectivity index (χ3n) is 5.51. The van der Waals surface area contributed by atoms with Crippen molar-refractivity contribution >= 4 is 34.4 Å². The minimum atomic E-state index is -0.365. The first-order valence-electron chi connectivity index (χ1n) is 9.61. The zero-order chi connectivity index (χ0) is 20.8. The Morgan fingerprint density at radius 1 is 1.17 bits per heavy atom. The second-order valence-electron chi connectivity index (χ2n) is 7.42. The topological polar surface area (TPSA) is 71.2 Å². The van der Waals surface area contributed by atoms with Gasteiger partial charge in [-0.15, -0.1) is 15.3 Å². The zero-order valence-corrected chi connectivity index (χ0v) is 17.3. The zero-order valence-electron chi connectivity index (χ0n) is 16.5. The number of halogens is 2. The summed E-state index contributed by atoms with van der Waals surface area (Å²) in [5, 5.41) is 16.4. The molecule has 9 heteroatoms. The highest BCUT2D eigenvalue weighted by molar-refractivity contribution is 6.30. The molecule has 0 fully saturated rings. The molecule has 5 rings (SSSR count). The quantitative estimate of drug-likeness (QED) is 0.531. The summed E-state index contributed by atoms with van der Waals surface area (Å²) in [6, 6.07) is 6.44. The number of rotatable bonds is 3. The molecule has 0 saturated heterocycles. The van der Waals surface area contributed by atoms with Crippen LogP contribution in [0.5, 0.6) is 0 Å². The van der Waals surface area contributed by atoms with Gasteiger partial charge >= 0.3 is 0 Å². The summed E-state index contributed by atoms with van der Waals surface area (Å²) in [4.78, 5) is 6.82. The maximum absolute atomic E-state index is 14.1. The molecule has 1 N–H and O–H groups in total. The van der Waals surface area contributed by atoms with Gasteiger partial charge in [-0.3, -0.25) is 4.98 Å². The van der Waals surface area contributed by atoms with E-state index in [4.69, 9.17) is 16.7 Å². The number of benzene rings is 1. The fraction of sp³-hybridized carbons (Fsp3) is 0.238. The largest absolute Gasteiger partial charge is 0.352 e. The second kappa shape index (κ2) is 7.21. The number of nitrogens with one attached hydrogen (secondary N) is 1. The van der Waals surface area contributed by atoms with Crippen LogP contribution in [0.1, 0.15) is 22.4 Å². The van der Waals surface area contributed by atoms with Crippen LogP contribution >= 0.6 is 11.6 Å². The summed E-state index contributed by atoms with van der Waals surface area (Å²) in [5.41, 5.74) is 6.08. The summed E-state index contributed by atoms with van der Waals surface area (Å²) in [5.74, 6) is 0.543. The fourth-order valence-electron chi connectivity index (χ4n) is 3.79. The van der Waals surface area contributed by atoms with Crippen molar-refractivity contribution in [3.63, 3.8) is 0 Å². The van der Waals surface area contributed by atoms with Crippen molar-refractivity contribution in [1.29, 1.82) is 0 Å². The van der Waals surface area contributed by atoms with Crippen molar-refractivity contribution in [3.8, 4) is 0 Å². The van der Waals surface area contributed by atoms with E-state index in [0.29, 0.717) is 22.9 Å². The van der Waals surface area contributed by atoms with Gasteiger partial charge in [0.1, 0.15) is 12.1 Å². The molecule has 0 saturated carbocycles. The molecule has 0 bridgehead atoms. The van der Waals surface area contributed by atoms with Crippen LogP contribution < -0.4 is 10.2 Å². The second-order valence-corrected chi connectivity index (χ2v) is 7.86. The summed E-state index contributed by atoms with van der Waals surface area (Å²) in [6.07, 6.45) is 4.15. The SMILES string of the molecule is Cc1c(N2CCc3ncc(Nc4cc(Cl)ccc4F)cc3C2)nn2cnnc2c1C. The number of nitrogens with zero attached hydrogens (tertiary/aromatic N) is 6. The first kappa shape index (κ1) is 18.7. The maximum atomic E-state index is 14.1. The third kappa shape index (κ3) is 3.23. The smallest absolute Gasteiger partial charge is 0.180 e. The molecule has 1 aromatic carbocycles. The van der Waals surface area contributed by atoms with Gasteiger partial charge in [-0.25, -0.2) is 4.39 Å². The van der Waals surface area contributed by atoms with Gasteiger partial charge in [-0.1, -0.05) is 11.6 Å². The van der Waals surface area contributed by atoms with Crippen LogP contribution in [-0.4, -0.2) is 31.3 Å². The number of aromatic nitrogens is 5. The van der Waals surface area contributed by atoms with Crippen LogP contribution in [0.3, 0.4) is 0 Å². The molecule has 0 radical (unpaired) electrons. The van der Waals surface area contributed by atoms with Crippen LogP contribution in [-0.2, 0) is 13.0 Å². The van der Waals surface area contributed by atoms with Gasteiger partial charge in [-0.2, -0.15) is 4.52 Å². The molecule has 152 valence electrons. The maximum Gasteiger partial charge on any atom is 0.180 e. The van der Waals surface area contributed by atoms with Gasteiger partial charge in [0.2, 0.25) is 0 Å². The van der Waals surface area contributed by atoms with E-state index < -0.39 is 0 Å². The van der Waals surface area contributed by atoms with Gasteiger partial charge in [0.05, 0.1) is 17.6 Å². The molecule has 7 nitrogen and oxygen atoms in total. The standard InChI is InChI=1S/C21H19ClFN7/c1-12-13(2)21(28-30-11-25-27-20(12)30)29-6-5-18-14(10-29)7-16(9-24-18)26-19-8-15(22)3-4-17(19)23/h3-4,7-9,11,26H,5-6,10H2,1-2H3. The lowest BCUT2D eigenvalue weighted by Gasteiger charge is -2.30. The van der Waals surface area contributed by atoms with E-state index in [1.165, 1.54) is 12.1 Å². The Bertz CT molecular complexity index is 1270. The third-order valence-corrected chi connectivity index (χ3v) is 5.75. The van der Waals surface area contributed by atoms with E-state index in [2.05, 4.69) is 32.3 Å². The number of pyridine rings is 1. The number of hydrogen-bond acceptors (Lipinski definition) is 6. The summed E-state index contributed by atoms with van der Waals surface area (Å²) in [7, 11) is 0. The lowest BCUT2D eigenvalue weighted by atomic mass is 10.0. The summed E-state index contributed by atoms with van der Waals surface area (Å²) in [6.45, 7) is 5.57. The Hall–Kier alpha value is -3.26. The Labute approximate surface area is 177 Å². The number of hydrogen-bond donors (Lipinski definition) is 1. The Balaban J connectivity index is 1.46. The van der Waals surface area contributed by atoms with E-state index in [1.54, 1.807) is 23.1 Å². The van der Waals surface area contributed by atoms with Gasteiger partial charge < -0.3 is 10.2 Å². The molecule has 4 heterocycles. The first-order chi connectivity index (χ1) is 14.5. The van der Waals surface area contributed by atoms with Gasteiger partial charge in [0.15, 0.2) is 11.5 Å². The average Bonchev–Trinajstić information content (AvgIpc) is 3.22. The first-order valence-corrected chi connectivity index (χ1v) is 9.99. The average molecular weight is 424 g/mol. The van der Waals surface area contributed by atoms with E-state index in [-0.39, 0.29) is 5.82 Å². The predicted molar refractivity (Wildman–Crippen MR) is 114 cm³/mol. The van der Waals surface area contributed by atoms with Crippen LogP contribution in [0.4, 0.5) is 21.6 Å². The highest BCUT2D eigenvalue weighted by atomic mass is 35.5. The summed E-state index contributed by atoms with van der Waals surface area (Å²) < 4.78 is 15.8. The lowest BCUT2D eigenvalue weighted by molar-refractivity contribution is 0.632. The van der Waals surface area contributed by atoms with Crippen molar-refractivity contribution in [2.45, 2.75) is 26.8 Å². The van der Waals surface area contributed by atoms with E-state index in [0.717, 1.165) is 46.8 Å². The number of aryl methyl sites for hydroxylation is 1.